The molecule has 9 rings (SSSR count). The topological polar surface area (TPSA) is 117 Å². The van der Waals surface area contributed by atoms with Crippen LogP contribution in [-0.2, 0) is 18.3 Å². The van der Waals surface area contributed by atoms with Gasteiger partial charge in [0.25, 0.3) is 0 Å². The number of halogens is 1. The second-order valence-corrected chi connectivity index (χ2v) is 16.6. The number of benzene rings is 2. The van der Waals surface area contributed by atoms with Gasteiger partial charge in [0.2, 0.25) is 0 Å². The lowest BCUT2D eigenvalue weighted by Gasteiger charge is -2.72. The number of carboxylic acid groups (broad SMARTS) is 1. The standard InChI is InChI=1S/C39H40FN7O3S2/c1-4-5-16-46(3)23-38-20-39(21-38,22-38)25-14-15-29(27(40)19-25)50-18-9-13-31-32(35(48)49)42-37(52-31)47-17-8-10-26-24(2)33(44-45-34(26)47)43-36-41-28-11-6-7-12-30(28)51-36/h1,6-7,11-12,14-15,19H,5,8-10,13,16-18,20-23H2,2-3H3,(H,48,49)(H,41,43,44). The van der Waals surface area contributed by atoms with Gasteiger partial charge in [0.1, 0.15) is 0 Å². The zero-order chi connectivity index (χ0) is 36.0. The van der Waals surface area contributed by atoms with E-state index in [0.717, 1.165) is 83.7 Å². The lowest BCUT2D eigenvalue weighted by atomic mass is 9.33. The van der Waals surface area contributed by atoms with E-state index in [4.69, 9.17) is 11.2 Å². The van der Waals surface area contributed by atoms with E-state index in [2.05, 4.69) is 43.4 Å². The summed E-state index contributed by atoms with van der Waals surface area (Å²) in [5.74, 6) is 2.84. The Morgan fingerprint density at radius 3 is 2.77 bits per heavy atom. The van der Waals surface area contributed by atoms with Gasteiger partial charge in [-0.15, -0.1) is 33.9 Å². The summed E-state index contributed by atoms with van der Waals surface area (Å²) in [5.41, 5.74) is 4.46. The average Bonchev–Trinajstić information content (AvgIpc) is 3.72. The Hall–Kier alpha value is -4.64. The van der Waals surface area contributed by atoms with Gasteiger partial charge in [-0.2, -0.15) is 0 Å². The van der Waals surface area contributed by atoms with Gasteiger partial charge in [0.05, 0.1) is 16.8 Å². The summed E-state index contributed by atoms with van der Waals surface area (Å²) < 4.78 is 22.1. The number of aromatic carboxylic acids is 1. The molecule has 0 amide bonds. The third-order valence-electron chi connectivity index (χ3n) is 10.8. The highest BCUT2D eigenvalue weighted by Gasteiger charge is 2.68. The van der Waals surface area contributed by atoms with Crippen molar-refractivity contribution in [2.75, 3.05) is 43.5 Å². The van der Waals surface area contributed by atoms with E-state index in [0.29, 0.717) is 46.4 Å². The largest absolute Gasteiger partial charge is 0.491 e. The Balaban J connectivity index is 0.892. The van der Waals surface area contributed by atoms with Gasteiger partial charge >= 0.3 is 5.97 Å². The predicted molar refractivity (Wildman–Crippen MR) is 203 cm³/mol. The number of ether oxygens (including phenoxy) is 1. The molecule has 0 radical (unpaired) electrons. The number of aryl methyl sites for hydroxylation is 1. The van der Waals surface area contributed by atoms with Crippen molar-refractivity contribution >= 4 is 60.8 Å². The number of thiazole rings is 2. The number of nitrogens with zero attached hydrogens (tertiary/aromatic N) is 6. The summed E-state index contributed by atoms with van der Waals surface area (Å²) in [4.78, 5) is 26.4. The molecule has 4 aliphatic rings. The highest BCUT2D eigenvalue weighted by molar-refractivity contribution is 7.22. The first kappa shape index (κ1) is 34.4. The highest BCUT2D eigenvalue weighted by Crippen LogP contribution is 2.73. The minimum atomic E-state index is -1.08. The number of aromatic nitrogens is 4. The van der Waals surface area contributed by atoms with Crippen LogP contribution < -0.4 is 15.0 Å². The fourth-order valence-corrected chi connectivity index (χ4v) is 10.4. The number of para-hydroxylation sites is 1. The summed E-state index contributed by atoms with van der Waals surface area (Å²) in [5, 5.41) is 23.8. The molecule has 3 fully saturated rings. The Labute approximate surface area is 310 Å². The number of carboxylic acids is 1. The summed E-state index contributed by atoms with van der Waals surface area (Å²) in [6.45, 7) is 4.87. The molecule has 4 heterocycles. The van der Waals surface area contributed by atoms with Crippen molar-refractivity contribution in [3.8, 4) is 18.1 Å². The van der Waals surface area contributed by atoms with Crippen LogP contribution in [0.2, 0.25) is 0 Å². The molecular formula is C39H40FN7O3S2. The van der Waals surface area contributed by atoms with Gasteiger partial charge in [0, 0.05) is 42.1 Å². The van der Waals surface area contributed by atoms with Crippen LogP contribution in [0, 0.1) is 30.5 Å². The predicted octanol–water partition coefficient (Wildman–Crippen LogP) is 7.90. The number of anilines is 4. The van der Waals surface area contributed by atoms with Crippen LogP contribution in [0.4, 0.5) is 26.3 Å². The third-order valence-corrected chi connectivity index (χ3v) is 12.8. The van der Waals surface area contributed by atoms with Crippen LogP contribution in [0.1, 0.15) is 70.6 Å². The first-order valence-electron chi connectivity index (χ1n) is 17.7. The molecule has 268 valence electrons. The summed E-state index contributed by atoms with van der Waals surface area (Å²) in [6, 6.07) is 13.4. The van der Waals surface area contributed by atoms with Crippen molar-refractivity contribution in [3.05, 3.63) is 75.5 Å². The first-order chi connectivity index (χ1) is 25.2. The fraction of sp³-hybridized carbons (Fsp3) is 0.410. The molecule has 2 bridgehead atoms. The highest BCUT2D eigenvalue weighted by atomic mass is 32.1. The maximum absolute atomic E-state index is 15.2. The number of hydrogen-bond acceptors (Lipinski definition) is 11. The van der Waals surface area contributed by atoms with E-state index in [-0.39, 0.29) is 29.3 Å². The Bertz CT molecular complexity index is 2160. The van der Waals surface area contributed by atoms with Crippen LogP contribution in [0.15, 0.2) is 42.5 Å². The van der Waals surface area contributed by atoms with E-state index in [1.165, 1.54) is 11.3 Å². The molecule has 5 aromatic rings. The molecule has 0 unspecified atom stereocenters. The number of fused-ring (bicyclic) bond motifs is 2. The van der Waals surface area contributed by atoms with E-state index < -0.39 is 5.97 Å². The van der Waals surface area contributed by atoms with Crippen LogP contribution >= 0.6 is 22.7 Å². The number of terminal acetylenes is 1. The van der Waals surface area contributed by atoms with Crippen LogP contribution in [0.3, 0.4) is 0 Å². The lowest BCUT2D eigenvalue weighted by molar-refractivity contribution is -0.153. The molecule has 0 atom stereocenters. The Morgan fingerprint density at radius 2 is 2.00 bits per heavy atom. The maximum Gasteiger partial charge on any atom is 0.355 e. The van der Waals surface area contributed by atoms with Crippen molar-refractivity contribution in [1.29, 1.82) is 0 Å². The van der Waals surface area contributed by atoms with Gasteiger partial charge < -0.3 is 25.0 Å². The van der Waals surface area contributed by atoms with Crippen molar-refractivity contribution in [1.82, 2.24) is 25.1 Å². The molecule has 0 saturated heterocycles. The fourth-order valence-electron chi connectivity index (χ4n) is 8.44. The van der Waals surface area contributed by atoms with E-state index in [9.17, 15) is 9.90 Å². The zero-order valence-electron chi connectivity index (χ0n) is 29.2. The van der Waals surface area contributed by atoms with Crippen LogP contribution in [-0.4, -0.2) is 69.4 Å². The van der Waals surface area contributed by atoms with Crippen molar-refractivity contribution in [2.45, 2.75) is 63.7 Å². The quantitative estimate of drug-likeness (QED) is 0.0861. The lowest BCUT2D eigenvalue weighted by Crippen LogP contribution is -2.67. The minimum absolute atomic E-state index is 0.0278. The smallest absolute Gasteiger partial charge is 0.355 e. The SMILES string of the molecule is C#CCCN(C)CC12CC(c3ccc(OCCCc4sc(N5CCCc6c5nnc(Nc5nc7ccccc7s5)c6C)nc4C(=O)O)c(F)c3)(C1)C2. The molecular weight excluding hydrogens is 698 g/mol. The molecule has 1 aliphatic heterocycles. The second kappa shape index (κ2) is 13.7. The normalized spacial score (nSPS) is 20.2. The molecule has 13 heteroatoms. The minimum Gasteiger partial charge on any atom is -0.491 e. The van der Waals surface area contributed by atoms with Gasteiger partial charge in [0.15, 0.2) is 39.2 Å². The second-order valence-electron chi connectivity index (χ2n) is 14.5. The van der Waals surface area contributed by atoms with Crippen molar-refractivity contribution < 1.29 is 19.0 Å². The summed E-state index contributed by atoms with van der Waals surface area (Å²) in [6.07, 6.45) is 12.1. The number of rotatable bonds is 14. The third kappa shape index (κ3) is 6.37. The number of hydrogen-bond donors (Lipinski definition) is 2. The van der Waals surface area contributed by atoms with Crippen molar-refractivity contribution in [3.63, 3.8) is 0 Å². The van der Waals surface area contributed by atoms with E-state index in [1.54, 1.807) is 23.5 Å². The molecule has 2 aromatic carbocycles. The van der Waals surface area contributed by atoms with Gasteiger partial charge in [-0.1, -0.05) is 29.5 Å². The van der Waals surface area contributed by atoms with Gasteiger partial charge in [-0.05, 0) is 99.6 Å². The van der Waals surface area contributed by atoms with Crippen LogP contribution in [0.25, 0.3) is 10.2 Å². The molecule has 2 N–H and O–H groups in total. The molecule has 0 spiro atoms. The van der Waals surface area contributed by atoms with Gasteiger partial charge in [-0.3, -0.25) is 0 Å². The van der Waals surface area contributed by atoms with Gasteiger partial charge in [-0.25, -0.2) is 19.2 Å². The summed E-state index contributed by atoms with van der Waals surface area (Å²) in [7, 11) is 2.12. The van der Waals surface area contributed by atoms with E-state index in [1.807, 2.05) is 42.2 Å². The van der Waals surface area contributed by atoms with E-state index >= 15 is 4.39 Å². The molecule has 3 saturated carbocycles. The average molecular weight is 738 g/mol. The Morgan fingerprint density at radius 1 is 1.17 bits per heavy atom. The molecule has 52 heavy (non-hydrogen) atoms. The maximum atomic E-state index is 15.2. The Kier molecular flexibility index (Phi) is 9.09. The number of nitrogens with one attached hydrogen (secondary N) is 1. The monoisotopic (exact) mass is 737 g/mol. The molecule has 3 aromatic heterocycles. The molecule has 3 aliphatic carbocycles. The summed E-state index contributed by atoms with van der Waals surface area (Å²) >= 11 is 2.91. The number of carbonyl (C=O) groups is 1. The zero-order valence-corrected chi connectivity index (χ0v) is 30.9. The molecule has 10 nitrogen and oxygen atoms in total. The van der Waals surface area contributed by atoms with Crippen molar-refractivity contribution in [2.24, 2.45) is 5.41 Å². The first-order valence-corrected chi connectivity index (χ1v) is 19.3. The van der Waals surface area contributed by atoms with Crippen LogP contribution in [0.5, 0.6) is 5.75 Å².